The number of esters is 1. The highest BCUT2D eigenvalue weighted by atomic mass is 127. The van der Waals surface area contributed by atoms with Crippen molar-refractivity contribution in [2.45, 2.75) is 58.8 Å². The van der Waals surface area contributed by atoms with Crippen molar-refractivity contribution in [2.24, 2.45) is 0 Å². The molecule has 0 radical (unpaired) electrons. The monoisotopic (exact) mass is 463 g/mol. The molecule has 0 saturated carbocycles. The van der Waals surface area contributed by atoms with Crippen molar-refractivity contribution < 1.29 is 23.8 Å². The van der Waals surface area contributed by atoms with Gasteiger partial charge >= 0.3 is 12.1 Å². The van der Waals surface area contributed by atoms with Gasteiger partial charge in [-0.2, -0.15) is 0 Å². The van der Waals surface area contributed by atoms with Crippen LogP contribution in [0, 0.1) is 3.57 Å². The minimum atomic E-state index is -0.868. The zero-order valence-electron chi connectivity index (χ0n) is 15.5. The Labute approximate surface area is 162 Å². The Morgan fingerprint density at radius 3 is 2.40 bits per heavy atom. The summed E-state index contributed by atoms with van der Waals surface area (Å²) in [4.78, 5) is 24.1. The molecule has 1 amide bonds. The second-order valence-corrected chi connectivity index (χ2v) is 8.09. The first-order valence-electron chi connectivity index (χ1n) is 8.04. The van der Waals surface area contributed by atoms with Crippen LogP contribution in [0.1, 0.15) is 40.2 Å². The van der Waals surface area contributed by atoms with E-state index in [0.29, 0.717) is 5.75 Å². The summed E-state index contributed by atoms with van der Waals surface area (Å²) >= 11 is 2.19. The molecule has 1 atom stereocenters. The van der Waals surface area contributed by atoms with Crippen LogP contribution in [-0.4, -0.2) is 36.9 Å². The van der Waals surface area contributed by atoms with Crippen LogP contribution >= 0.6 is 22.6 Å². The first-order valence-corrected chi connectivity index (χ1v) is 9.12. The zero-order valence-corrected chi connectivity index (χ0v) is 17.7. The second kappa shape index (κ2) is 9.26. The lowest BCUT2D eigenvalue weighted by Crippen LogP contribution is -2.45. The largest absolute Gasteiger partial charge is 0.491 e. The number of methoxy groups -OCH3 is 1. The first kappa shape index (κ1) is 21.5. The fourth-order valence-electron chi connectivity index (χ4n) is 2.08. The van der Waals surface area contributed by atoms with Gasteiger partial charge in [0, 0.05) is 9.99 Å². The van der Waals surface area contributed by atoms with E-state index in [0.717, 1.165) is 9.13 Å². The van der Waals surface area contributed by atoms with Gasteiger partial charge in [0.15, 0.2) is 0 Å². The predicted octanol–water partition coefficient (Wildman–Crippen LogP) is 3.69. The molecule has 1 aromatic carbocycles. The van der Waals surface area contributed by atoms with Gasteiger partial charge in [0.25, 0.3) is 0 Å². The van der Waals surface area contributed by atoms with Crippen LogP contribution < -0.4 is 10.1 Å². The Kier molecular flexibility index (Phi) is 7.98. The molecule has 1 rings (SSSR count). The van der Waals surface area contributed by atoms with Crippen molar-refractivity contribution in [3.63, 3.8) is 0 Å². The molecule has 0 unspecified atom stereocenters. The molecule has 0 saturated heterocycles. The van der Waals surface area contributed by atoms with Crippen molar-refractivity contribution in [3.05, 3.63) is 27.3 Å². The molecule has 0 aliphatic carbocycles. The number of carbonyl (C=O) groups excluding carboxylic acids is 2. The van der Waals surface area contributed by atoms with E-state index in [1.165, 1.54) is 7.11 Å². The second-order valence-electron chi connectivity index (χ2n) is 6.84. The van der Waals surface area contributed by atoms with Gasteiger partial charge in [-0.3, -0.25) is 0 Å². The smallest absolute Gasteiger partial charge is 0.408 e. The average molecular weight is 463 g/mol. The molecule has 0 spiro atoms. The molecule has 25 heavy (non-hydrogen) atoms. The average Bonchev–Trinajstić information content (AvgIpc) is 2.46. The van der Waals surface area contributed by atoms with Crippen LogP contribution in [-0.2, 0) is 20.7 Å². The third-order valence-electron chi connectivity index (χ3n) is 2.99. The third kappa shape index (κ3) is 7.94. The van der Waals surface area contributed by atoms with E-state index in [1.807, 2.05) is 32.0 Å². The van der Waals surface area contributed by atoms with E-state index >= 15 is 0 Å². The van der Waals surface area contributed by atoms with Crippen LogP contribution in [0.25, 0.3) is 0 Å². The number of amides is 1. The zero-order chi connectivity index (χ0) is 19.2. The quantitative estimate of drug-likeness (QED) is 0.515. The Hall–Kier alpha value is -1.51. The highest BCUT2D eigenvalue weighted by Crippen LogP contribution is 2.24. The topological polar surface area (TPSA) is 73.9 Å². The standard InChI is InChI=1S/C18H26INO5/c1-11(2)24-15-8-7-13(19)9-12(15)10-14(16(21)23-6)20-17(22)25-18(3,4)5/h7-9,11,14H,10H2,1-6H3,(H,20,22)/t14-/m0/s1. The highest BCUT2D eigenvalue weighted by molar-refractivity contribution is 14.1. The highest BCUT2D eigenvalue weighted by Gasteiger charge is 2.26. The lowest BCUT2D eigenvalue weighted by Gasteiger charge is -2.23. The van der Waals surface area contributed by atoms with Crippen molar-refractivity contribution in [2.75, 3.05) is 7.11 Å². The normalized spacial score (nSPS) is 12.5. The fraction of sp³-hybridized carbons (Fsp3) is 0.556. The Morgan fingerprint density at radius 1 is 1.24 bits per heavy atom. The number of benzene rings is 1. The third-order valence-corrected chi connectivity index (χ3v) is 3.66. The van der Waals surface area contributed by atoms with Crippen LogP contribution in [0.2, 0.25) is 0 Å². The van der Waals surface area contributed by atoms with Crippen molar-refractivity contribution in [1.82, 2.24) is 5.32 Å². The maximum absolute atomic E-state index is 12.1. The van der Waals surface area contributed by atoms with Crippen molar-refractivity contribution in [3.8, 4) is 5.75 Å². The summed E-state index contributed by atoms with van der Waals surface area (Å²) in [6.07, 6.45) is -0.431. The van der Waals surface area contributed by atoms with Gasteiger partial charge < -0.3 is 19.5 Å². The van der Waals surface area contributed by atoms with Gasteiger partial charge in [-0.1, -0.05) is 0 Å². The number of hydrogen-bond acceptors (Lipinski definition) is 5. The Bertz CT molecular complexity index is 610. The predicted molar refractivity (Wildman–Crippen MR) is 104 cm³/mol. The summed E-state index contributed by atoms with van der Waals surface area (Å²) in [5, 5.41) is 2.58. The summed E-state index contributed by atoms with van der Waals surface area (Å²) in [5.41, 5.74) is 0.158. The van der Waals surface area contributed by atoms with Crippen molar-refractivity contribution in [1.29, 1.82) is 0 Å². The molecule has 0 aliphatic heterocycles. The Morgan fingerprint density at radius 2 is 1.88 bits per heavy atom. The molecule has 1 aromatic rings. The van der Waals surface area contributed by atoms with Gasteiger partial charge in [0.05, 0.1) is 13.2 Å². The molecular formula is C18H26INO5. The van der Waals surface area contributed by atoms with E-state index in [4.69, 9.17) is 14.2 Å². The molecule has 0 bridgehead atoms. The van der Waals surface area contributed by atoms with E-state index in [9.17, 15) is 9.59 Å². The molecule has 7 heteroatoms. The molecule has 0 heterocycles. The van der Waals surface area contributed by atoms with Crippen LogP contribution in [0.4, 0.5) is 4.79 Å². The van der Waals surface area contributed by atoms with Gasteiger partial charge in [0.1, 0.15) is 17.4 Å². The van der Waals surface area contributed by atoms with Gasteiger partial charge in [-0.25, -0.2) is 9.59 Å². The number of rotatable bonds is 6. The maximum atomic E-state index is 12.1. The molecule has 1 N–H and O–H groups in total. The molecule has 0 aromatic heterocycles. The number of alkyl carbamates (subject to hydrolysis) is 1. The SMILES string of the molecule is COC(=O)[C@H](Cc1cc(I)ccc1OC(C)C)NC(=O)OC(C)(C)C. The Balaban J connectivity index is 3.01. The molecule has 0 aliphatic rings. The summed E-state index contributed by atoms with van der Waals surface area (Å²) < 4.78 is 16.8. The van der Waals surface area contributed by atoms with E-state index in [2.05, 4.69) is 27.9 Å². The van der Waals surface area contributed by atoms with E-state index < -0.39 is 23.7 Å². The van der Waals surface area contributed by atoms with Gasteiger partial charge in [0.2, 0.25) is 0 Å². The van der Waals surface area contributed by atoms with Crippen LogP contribution in [0.15, 0.2) is 18.2 Å². The molecule has 0 fully saturated rings. The number of hydrogen-bond donors (Lipinski definition) is 1. The molecular weight excluding hydrogens is 437 g/mol. The fourth-order valence-corrected chi connectivity index (χ4v) is 2.64. The van der Waals surface area contributed by atoms with Crippen LogP contribution in [0.3, 0.4) is 0 Å². The van der Waals surface area contributed by atoms with Crippen LogP contribution in [0.5, 0.6) is 5.75 Å². The number of ether oxygens (including phenoxy) is 3. The van der Waals surface area contributed by atoms with Crippen molar-refractivity contribution >= 4 is 34.7 Å². The summed E-state index contributed by atoms with van der Waals surface area (Å²) in [6.45, 7) is 9.13. The van der Waals surface area contributed by atoms with E-state index in [-0.39, 0.29) is 12.5 Å². The number of carbonyl (C=O) groups is 2. The van der Waals surface area contributed by atoms with Gasteiger partial charge in [-0.05, 0) is 81.0 Å². The first-order chi connectivity index (χ1) is 11.5. The van der Waals surface area contributed by atoms with E-state index in [1.54, 1.807) is 20.8 Å². The lowest BCUT2D eigenvalue weighted by molar-refractivity contribution is -0.143. The van der Waals surface area contributed by atoms with Gasteiger partial charge in [-0.15, -0.1) is 0 Å². The minimum Gasteiger partial charge on any atom is -0.491 e. The summed E-state index contributed by atoms with van der Waals surface area (Å²) in [6, 6.07) is 4.84. The summed E-state index contributed by atoms with van der Waals surface area (Å²) in [5.74, 6) is 0.135. The number of halogens is 1. The summed E-state index contributed by atoms with van der Waals surface area (Å²) in [7, 11) is 1.28. The number of nitrogens with one attached hydrogen (secondary N) is 1. The lowest BCUT2D eigenvalue weighted by atomic mass is 10.0. The molecule has 140 valence electrons. The maximum Gasteiger partial charge on any atom is 0.408 e. The molecule has 6 nitrogen and oxygen atoms in total. The minimum absolute atomic E-state index is 0.00537.